The summed E-state index contributed by atoms with van der Waals surface area (Å²) < 4.78 is 0. The van der Waals surface area contributed by atoms with Crippen LogP contribution in [-0.2, 0) is 4.79 Å². The highest BCUT2D eigenvalue weighted by atomic mass is 32.2. The first-order valence-corrected chi connectivity index (χ1v) is 8.38. The minimum atomic E-state index is -0.0143. The minimum Gasteiger partial charge on any atom is -0.352 e. The van der Waals surface area contributed by atoms with E-state index >= 15 is 0 Å². The average molecular weight is 270 g/mol. The molecule has 3 unspecified atom stereocenters. The van der Waals surface area contributed by atoms with Crippen LogP contribution >= 0.6 is 11.8 Å². The third-order valence-electron chi connectivity index (χ3n) is 4.45. The van der Waals surface area contributed by atoms with Crippen molar-refractivity contribution in [3.8, 4) is 0 Å². The molecule has 1 heterocycles. The predicted molar refractivity (Wildman–Crippen MR) is 77.9 cm³/mol. The van der Waals surface area contributed by atoms with E-state index in [-0.39, 0.29) is 17.4 Å². The summed E-state index contributed by atoms with van der Waals surface area (Å²) in [5, 5.41) is 7.38. The van der Waals surface area contributed by atoms with Crippen LogP contribution in [0.25, 0.3) is 0 Å². The molecular weight excluding hydrogens is 244 g/mol. The molecule has 1 amide bonds. The molecule has 18 heavy (non-hydrogen) atoms. The molecule has 0 radical (unpaired) electrons. The lowest BCUT2D eigenvalue weighted by Crippen LogP contribution is -2.56. The molecule has 0 aromatic heterocycles. The molecule has 0 bridgehead atoms. The summed E-state index contributed by atoms with van der Waals surface area (Å²) in [5.41, 5.74) is 0.0832. The average Bonchev–Trinajstić information content (AvgIpc) is 2.76. The van der Waals surface area contributed by atoms with Crippen LogP contribution in [0.1, 0.15) is 46.0 Å². The van der Waals surface area contributed by atoms with Crippen LogP contribution in [0.2, 0.25) is 0 Å². The van der Waals surface area contributed by atoms with E-state index in [1.807, 2.05) is 11.8 Å². The summed E-state index contributed by atoms with van der Waals surface area (Å²) in [4.78, 5) is 12.4. The van der Waals surface area contributed by atoms with Gasteiger partial charge in [0.1, 0.15) is 0 Å². The van der Waals surface area contributed by atoms with Crippen molar-refractivity contribution in [1.82, 2.24) is 10.6 Å². The van der Waals surface area contributed by atoms with E-state index in [0.717, 1.165) is 31.1 Å². The van der Waals surface area contributed by atoms with Crippen molar-refractivity contribution in [1.29, 1.82) is 0 Å². The summed E-state index contributed by atoms with van der Waals surface area (Å²) in [6.07, 6.45) is 8.00. The Morgan fingerprint density at radius 3 is 2.78 bits per heavy atom. The first kappa shape index (κ1) is 14.2. The Balaban J connectivity index is 1.87. The maximum absolute atomic E-state index is 12.4. The minimum absolute atomic E-state index is 0.0143. The number of amides is 1. The van der Waals surface area contributed by atoms with E-state index < -0.39 is 0 Å². The van der Waals surface area contributed by atoms with Crippen molar-refractivity contribution < 1.29 is 4.79 Å². The van der Waals surface area contributed by atoms with Crippen molar-refractivity contribution in [2.45, 2.75) is 63.3 Å². The number of piperidine rings is 1. The Labute approximate surface area is 115 Å². The topological polar surface area (TPSA) is 41.1 Å². The molecule has 4 heteroatoms. The summed E-state index contributed by atoms with van der Waals surface area (Å²) in [5.74, 6) is 0.214. The molecule has 2 fully saturated rings. The maximum atomic E-state index is 12.4. The second-order valence-corrected chi connectivity index (χ2v) is 7.49. The number of carbonyl (C=O) groups excluding carboxylic acids is 1. The highest BCUT2D eigenvalue weighted by molar-refractivity contribution is 7.99. The standard InChI is InChI=1S/C14H26N2OS/c1-14(2)7-4-8-15-12(14)13(17)16-10-5-6-11(9-10)18-3/h10-12,15H,4-9H2,1-3H3,(H,16,17). The van der Waals surface area contributed by atoms with Gasteiger partial charge in [0, 0.05) is 11.3 Å². The third-order valence-corrected chi connectivity index (χ3v) is 5.55. The van der Waals surface area contributed by atoms with E-state index in [1.54, 1.807) is 0 Å². The molecule has 3 nitrogen and oxygen atoms in total. The normalized spacial score (nSPS) is 35.4. The van der Waals surface area contributed by atoms with Gasteiger partial charge in [0.05, 0.1) is 6.04 Å². The quantitative estimate of drug-likeness (QED) is 0.826. The van der Waals surface area contributed by atoms with Gasteiger partial charge >= 0.3 is 0 Å². The smallest absolute Gasteiger partial charge is 0.237 e. The fraction of sp³-hybridized carbons (Fsp3) is 0.929. The summed E-state index contributed by atoms with van der Waals surface area (Å²) in [6.45, 7) is 5.37. The Morgan fingerprint density at radius 2 is 2.17 bits per heavy atom. The Morgan fingerprint density at radius 1 is 1.39 bits per heavy atom. The first-order chi connectivity index (χ1) is 8.53. The van der Waals surface area contributed by atoms with Crippen molar-refractivity contribution >= 4 is 17.7 Å². The largest absolute Gasteiger partial charge is 0.352 e. The monoisotopic (exact) mass is 270 g/mol. The summed E-state index contributed by atoms with van der Waals surface area (Å²) >= 11 is 1.93. The van der Waals surface area contributed by atoms with E-state index in [4.69, 9.17) is 0 Å². The van der Waals surface area contributed by atoms with Crippen molar-refractivity contribution in [3.63, 3.8) is 0 Å². The van der Waals surface area contributed by atoms with E-state index in [2.05, 4.69) is 30.7 Å². The molecule has 2 rings (SSSR count). The van der Waals surface area contributed by atoms with Gasteiger partial charge < -0.3 is 10.6 Å². The van der Waals surface area contributed by atoms with Crippen LogP contribution in [-0.4, -0.2) is 36.0 Å². The predicted octanol–water partition coefficient (Wildman–Crippen LogP) is 2.16. The molecule has 0 aromatic carbocycles. The number of carbonyl (C=O) groups is 1. The van der Waals surface area contributed by atoms with Crippen molar-refractivity contribution in [3.05, 3.63) is 0 Å². The van der Waals surface area contributed by atoms with Gasteiger partial charge in [0.2, 0.25) is 5.91 Å². The number of hydrogen-bond donors (Lipinski definition) is 2. The van der Waals surface area contributed by atoms with Crippen LogP contribution in [0.3, 0.4) is 0 Å². The van der Waals surface area contributed by atoms with Crippen LogP contribution in [0.15, 0.2) is 0 Å². The number of rotatable bonds is 3. The lowest BCUT2D eigenvalue weighted by molar-refractivity contribution is -0.127. The van der Waals surface area contributed by atoms with Gasteiger partial charge in [-0.2, -0.15) is 11.8 Å². The highest BCUT2D eigenvalue weighted by Crippen LogP contribution is 2.31. The first-order valence-electron chi connectivity index (χ1n) is 7.09. The molecule has 104 valence electrons. The molecule has 0 aromatic rings. The van der Waals surface area contributed by atoms with Crippen LogP contribution in [0.4, 0.5) is 0 Å². The zero-order valence-corrected chi connectivity index (χ0v) is 12.6. The SMILES string of the molecule is CSC1CCC(NC(=O)C2NCCCC2(C)C)C1. The molecule has 1 aliphatic heterocycles. The summed E-state index contributed by atoms with van der Waals surface area (Å²) in [6, 6.07) is 0.383. The Kier molecular flexibility index (Phi) is 4.59. The molecule has 2 aliphatic rings. The summed E-state index contributed by atoms with van der Waals surface area (Å²) in [7, 11) is 0. The van der Waals surface area contributed by atoms with Gasteiger partial charge in [-0.25, -0.2) is 0 Å². The second kappa shape index (κ2) is 5.83. The van der Waals surface area contributed by atoms with Crippen LogP contribution in [0, 0.1) is 5.41 Å². The molecule has 3 atom stereocenters. The van der Waals surface area contributed by atoms with Crippen molar-refractivity contribution in [2.75, 3.05) is 12.8 Å². The molecule has 1 saturated carbocycles. The molecule has 2 N–H and O–H groups in total. The molecule has 1 aliphatic carbocycles. The third kappa shape index (κ3) is 3.21. The van der Waals surface area contributed by atoms with Gasteiger partial charge in [0.25, 0.3) is 0 Å². The Hall–Kier alpha value is -0.220. The van der Waals surface area contributed by atoms with Crippen LogP contribution < -0.4 is 10.6 Å². The second-order valence-electron chi connectivity index (χ2n) is 6.36. The van der Waals surface area contributed by atoms with Gasteiger partial charge in [-0.05, 0) is 50.3 Å². The number of thioether (sulfide) groups is 1. The lowest BCUT2D eigenvalue weighted by atomic mass is 9.77. The fourth-order valence-electron chi connectivity index (χ4n) is 3.23. The van der Waals surface area contributed by atoms with Crippen molar-refractivity contribution in [2.24, 2.45) is 5.41 Å². The van der Waals surface area contributed by atoms with E-state index in [1.165, 1.54) is 12.8 Å². The number of hydrogen-bond acceptors (Lipinski definition) is 3. The van der Waals surface area contributed by atoms with E-state index in [9.17, 15) is 4.79 Å². The number of nitrogens with one attached hydrogen (secondary N) is 2. The lowest BCUT2D eigenvalue weighted by Gasteiger charge is -2.38. The zero-order valence-electron chi connectivity index (χ0n) is 11.8. The Bertz CT molecular complexity index is 306. The van der Waals surface area contributed by atoms with Gasteiger partial charge in [-0.1, -0.05) is 13.8 Å². The fourth-order valence-corrected chi connectivity index (χ4v) is 4.02. The molecule has 0 spiro atoms. The molecular formula is C14H26N2OS. The van der Waals surface area contributed by atoms with Crippen LogP contribution in [0.5, 0.6) is 0 Å². The molecule has 1 saturated heterocycles. The van der Waals surface area contributed by atoms with E-state index in [0.29, 0.717) is 6.04 Å². The highest BCUT2D eigenvalue weighted by Gasteiger charge is 2.38. The zero-order chi connectivity index (χ0) is 13.2. The van der Waals surface area contributed by atoms with Gasteiger partial charge in [-0.15, -0.1) is 0 Å². The van der Waals surface area contributed by atoms with Gasteiger partial charge in [0.15, 0.2) is 0 Å². The maximum Gasteiger partial charge on any atom is 0.237 e. The van der Waals surface area contributed by atoms with Gasteiger partial charge in [-0.3, -0.25) is 4.79 Å².